The van der Waals surface area contributed by atoms with E-state index < -0.39 is 0 Å². The van der Waals surface area contributed by atoms with Gasteiger partial charge in [0.2, 0.25) is 0 Å². The number of hydrogen-bond donors (Lipinski definition) is 1. The fraction of sp³-hybridized carbons (Fsp3) is 0.143. The first kappa shape index (κ1) is 6.89. The molecule has 1 aromatic rings. The Morgan fingerprint density at radius 1 is 1.50 bits per heavy atom. The second-order valence-electron chi connectivity index (χ2n) is 2.02. The number of benzene rings is 1. The Labute approximate surface area is 59.1 Å². The second-order valence-corrected chi connectivity index (χ2v) is 2.02. The van der Waals surface area contributed by atoms with Gasteiger partial charge in [-0.1, -0.05) is 12.1 Å². The van der Waals surface area contributed by atoms with Crippen molar-refractivity contribution in [2.75, 3.05) is 12.1 Å². The van der Waals surface area contributed by atoms with E-state index in [1.807, 2.05) is 0 Å². The van der Waals surface area contributed by atoms with Crippen LogP contribution >= 0.6 is 0 Å². The third-order valence-corrected chi connectivity index (χ3v) is 1.19. The van der Waals surface area contributed by atoms with E-state index in [0.717, 1.165) is 5.06 Å². The summed E-state index contributed by atoms with van der Waals surface area (Å²) in [5.41, 5.74) is 0.507. The highest BCUT2D eigenvalue weighted by atomic mass is 16.5. The molecular weight excluding hydrogens is 130 g/mol. The lowest BCUT2D eigenvalue weighted by molar-refractivity contribution is -0.268. The summed E-state index contributed by atoms with van der Waals surface area (Å²) in [6.07, 6.45) is 0. The van der Waals surface area contributed by atoms with Gasteiger partial charge < -0.3 is 5.11 Å². The zero-order valence-electron chi connectivity index (χ0n) is 5.61. The second kappa shape index (κ2) is 2.58. The van der Waals surface area contributed by atoms with E-state index in [-0.39, 0.29) is 5.75 Å². The highest BCUT2D eigenvalue weighted by molar-refractivity contribution is 5.46. The van der Waals surface area contributed by atoms with Crippen LogP contribution in [0.25, 0.3) is 0 Å². The lowest BCUT2D eigenvalue weighted by Gasteiger charge is -2.12. The van der Waals surface area contributed by atoms with Crippen molar-refractivity contribution in [3.05, 3.63) is 24.3 Å². The molecule has 1 rings (SSSR count). The zero-order chi connectivity index (χ0) is 7.56. The Morgan fingerprint density at radius 3 is 2.60 bits per heavy atom. The van der Waals surface area contributed by atoms with E-state index in [9.17, 15) is 5.11 Å². The van der Waals surface area contributed by atoms with E-state index in [0.29, 0.717) is 5.69 Å². The highest BCUT2D eigenvalue weighted by Crippen LogP contribution is 2.14. The van der Waals surface area contributed by atoms with Crippen LogP contribution in [0.2, 0.25) is 0 Å². The molecule has 0 unspecified atom stereocenters. The minimum atomic E-state index is -0.0987. The summed E-state index contributed by atoms with van der Waals surface area (Å²) in [7, 11) is 1.47. The van der Waals surface area contributed by atoms with Gasteiger partial charge in [-0.3, -0.25) is 10.3 Å². The van der Waals surface area contributed by atoms with E-state index >= 15 is 0 Å². The summed E-state index contributed by atoms with van der Waals surface area (Å²) in [6.45, 7) is 0. The molecule has 0 atom stereocenters. The first-order valence-corrected chi connectivity index (χ1v) is 2.90. The normalized spacial score (nSPS) is 9.40. The van der Waals surface area contributed by atoms with Gasteiger partial charge in [0.25, 0.3) is 0 Å². The third-order valence-electron chi connectivity index (χ3n) is 1.19. The van der Waals surface area contributed by atoms with Crippen LogP contribution in [-0.2, 0) is 0 Å². The lowest BCUT2D eigenvalue weighted by atomic mass is 10.3. The van der Waals surface area contributed by atoms with Crippen molar-refractivity contribution in [1.29, 1.82) is 0 Å². The molecule has 0 radical (unpaired) electrons. The van der Waals surface area contributed by atoms with Crippen LogP contribution in [0.4, 0.5) is 5.69 Å². The largest absolute Gasteiger partial charge is 0.872 e. The van der Waals surface area contributed by atoms with E-state index in [4.69, 9.17) is 5.21 Å². The van der Waals surface area contributed by atoms with Crippen LogP contribution in [0, 0.1) is 0 Å². The van der Waals surface area contributed by atoms with Crippen LogP contribution < -0.4 is 10.2 Å². The maximum atomic E-state index is 10.7. The predicted octanol–water partition coefficient (Wildman–Crippen LogP) is 0.586. The fourth-order valence-corrected chi connectivity index (χ4v) is 0.685. The number of hydroxylamine groups is 1. The number of hydrogen-bond acceptors (Lipinski definition) is 3. The summed E-state index contributed by atoms with van der Waals surface area (Å²) in [5.74, 6) is -0.0987. The van der Waals surface area contributed by atoms with Gasteiger partial charge in [-0.15, -0.1) is 5.75 Å². The molecule has 0 fully saturated rings. The Kier molecular flexibility index (Phi) is 1.78. The minimum absolute atomic E-state index is 0.0987. The standard InChI is InChI=1S/C7H9NO2/c1-8(10)6-3-2-4-7(9)5-6/h2-5,9-10H,1H3/p-1. The van der Waals surface area contributed by atoms with Crippen LogP contribution in [0.15, 0.2) is 24.3 Å². The lowest BCUT2D eigenvalue weighted by Crippen LogP contribution is -2.09. The summed E-state index contributed by atoms with van der Waals surface area (Å²) in [5, 5.41) is 20.4. The maximum Gasteiger partial charge on any atom is 0.0624 e. The van der Waals surface area contributed by atoms with Crippen molar-refractivity contribution in [2.45, 2.75) is 0 Å². The van der Waals surface area contributed by atoms with E-state index in [1.165, 1.54) is 19.2 Å². The first-order valence-electron chi connectivity index (χ1n) is 2.90. The summed E-state index contributed by atoms with van der Waals surface area (Å²) >= 11 is 0. The van der Waals surface area contributed by atoms with Gasteiger partial charge >= 0.3 is 0 Å². The van der Waals surface area contributed by atoms with Crippen molar-refractivity contribution < 1.29 is 10.3 Å². The molecule has 10 heavy (non-hydrogen) atoms. The molecule has 0 aromatic heterocycles. The van der Waals surface area contributed by atoms with Crippen LogP contribution in [-0.4, -0.2) is 12.3 Å². The molecule has 1 N–H and O–H groups in total. The quantitative estimate of drug-likeness (QED) is 0.577. The van der Waals surface area contributed by atoms with E-state index in [1.54, 1.807) is 12.1 Å². The predicted molar refractivity (Wildman–Crippen MR) is 36.1 cm³/mol. The molecule has 1 aromatic carbocycles. The smallest absolute Gasteiger partial charge is 0.0624 e. The van der Waals surface area contributed by atoms with Crippen molar-refractivity contribution in [1.82, 2.24) is 0 Å². The number of rotatable bonds is 1. The Bertz CT molecular complexity index is 223. The summed E-state index contributed by atoms with van der Waals surface area (Å²) in [6, 6.07) is 6.05. The molecule has 0 saturated carbocycles. The molecule has 0 spiro atoms. The number of anilines is 1. The van der Waals surface area contributed by atoms with Crippen molar-refractivity contribution in [3.8, 4) is 5.75 Å². The van der Waals surface area contributed by atoms with Gasteiger partial charge in [-0.2, -0.15) is 0 Å². The molecule has 3 heteroatoms. The fourth-order valence-electron chi connectivity index (χ4n) is 0.685. The third kappa shape index (κ3) is 1.39. The van der Waals surface area contributed by atoms with Gasteiger partial charge in [0.05, 0.1) is 5.69 Å². The Morgan fingerprint density at radius 2 is 2.20 bits per heavy atom. The van der Waals surface area contributed by atoms with Gasteiger partial charge in [0.1, 0.15) is 0 Å². The van der Waals surface area contributed by atoms with Crippen LogP contribution in [0.5, 0.6) is 5.75 Å². The first-order chi connectivity index (χ1) is 4.70. The van der Waals surface area contributed by atoms with Gasteiger partial charge in [-0.25, -0.2) is 0 Å². The van der Waals surface area contributed by atoms with Gasteiger partial charge in [-0.05, 0) is 12.1 Å². The van der Waals surface area contributed by atoms with Crippen molar-refractivity contribution in [3.63, 3.8) is 0 Å². The number of nitrogens with zero attached hydrogens (tertiary/aromatic N) is 1. The molecule has 0 aliphatic carbocycles. The molecule has 0 aliphatic rings. The maximum absolute atomic E-state index is 10.7. The molecule has 0 bridgehead atoms. The van der Waals surface area contributed by atoms with E-state index in [2.05, 4.69) is 0 Å². The van der Waals surface area contributed by atoms with Gasteiger partial charge in [0, 0.05) is 7.05 Å². The monoisotopic (exact) mass is 138 g/mol. The summed E-state index contributed by atoms with van der Waals surface area (Å²) in [4.78, 5) is 0. The highest BCUT2D eigenvalue weighted by Gasteiger charge is 1.91. The molecule has 0 aliphatic heterocycles. The SMILES string of the molecule is CN(O)c1cccc([O-])c1. The van der Waals surface area contributed by atoms with Crippen LogP contribution in [0.3, 0.4) is 0 Å². The Balaban J connectivity index is 2.96. The summed E-state index contributed by atoms with van der Waals surface area (Å²) < 4.78 is 0. The average Bonchev–Trinajstić information content (AvgIpc) is 1.88. The Hall–Kier alpha value is -1.22. The zero-order valence-corrected chi connectivity index (χ0v) is 5.61. The molecule has 0 heterocycles. The van der Waals surface area contributed by atoms with Crippen molar-refractivity contribution >= 4 is 5.69 Å². The molecule has 0 saturated heterocycles. The molecule has 0 amide bonds. The van der Waals surface area contributed by atoms with Crippen molar-refractivity contribution in [2.24, 2.45) is 0 Å². The van der Waals surface area contributed by atoms with Gasteiger partial charge in [0.15, 0.2) is 0 Å². The average molecular weight is 138 g/mol. The molecular formula is C7H8NO2-. The minimum Gasteiger partial charge on any atom is -0.872 e. The van der Waals surface area contributed by atoms with Crippen LogP contribution in [0.1, 0.15) is 0 Å². The molecule has 54 valence electrons. The topological polar surface area (TPSA) is 46.5 Å². The molecule has 3 nitrogen and oxygen atoms in total.